The summed E-state index contributed by atoms with van der Waals surface area (Å²) in [5, 5.41) is 11.5. The molecular weight excluding hydrogens is 349 g/mol. The van der Waals surface area contributed by atoms with Crippen molar-refractivity contribution in [2.24, 2.45) is 5.16 Å². The van der Waals surface area contributed by atoms with Crippen molar-refractivity contribution in [2.45, 2.75) is 39.6 Å². The van der Waals surface area contributed by atoms with Crippen LogP contribution in [0.25, 0.3) is 0 Å². The van der Waals surface area contributed by atoms with Gasteiger partial charge in [0.05, 0.1) is 6.21 Å². The van der Waals surface area contributed by atoms with Crippen LogP contribution in [0, 0.1) is 0 Å². The predicted octanol–water partition coefficient (Wildman–Crippen LogP) is -3.99. The van der Waals surface area contributed by atoms with E-state index in [4.69, 9.17) is 9.94 Å². The van der Waals surface area contributed by atoms with Gasteiger partial charge in [-0.05, 0) is 11.5 Å². The maximum absolute atomic E-state index is 8.47. The number of hydrogen-bond donors (Lipinski definition) is 1. The lowest BCUT2D eigenvalue weighted by atomic mass is 9.88. The van der Waals surface area contributed by atoms with Gasteiger partial charge in [-0.25, -0.2) is 0 Å². The van der Waals surface area contributed by atoms with Crippen LogP contribution in [0.2, 0.25) is 0 Å². The molecule has 0 saturated heterocycles. The molecule has 0 aliphatic heterocycles. The van der Waals surface area contributed by atoms with E-state index in [0.29, 0.717) is 13.5 Å². The number of halogens is 2. The third-order valence-electron chi connectivity index (χ3n) is 3.33. The highest BCUT2D eigenvalue weighted by Gasteiger charge is 2.17. The van der Waals surface area contributed by atoms with Crippen molar-refractivity contribution in [3.05, 3.63) is 60.2 Å². The summed E-state index contributed by atoms with van der Waals surface area (Å²) >= 11 is 0. The lowest BCUT2D eigenvalue weighted by Gasteiger charge is -2.16. The monoisotopic (exact) mass is 371 g/mol. The highest BCUT2D eigenvalue weighted by Crippen LogP contribution is 2.19. The molecule has 0 aliphatic carbocycles. The highest BCUT2D eigenvalue weighted by atomic mass is 35.5. The predicted molar refractivity (Wildman–Crippen MR) is 82.4 cm³/mol. The molecule has 5 nitrogen and oxygen atoms in total. The van der Waals surface area contributed by atoms with Crippen LogP contribution >= 0.6 is 0 Å². The quantitative estimate of drug-likeness (QED) is 0.252. The van der Waals surface area contributed by atoms with E-state index in [2.05, 4.69) is 38.2 Å². The van der Waals surface area contributed by atoms with Crippen molar-refractivity contribution in [2.75, 3.05) is 0 Å². The van der Waals surface area contributed by atoms with Gasteiger partial charge >= 0.3 is 0 Å². The Morgan fingerprint density at radius 2 is 1.67 bits per heavy atom. The molecular formula is C17H23Cl2N3O2. The molecule has 2 rings (SSSR count). The standard InChI is InChI=1S/C17H22N3O2.2ClH/c1-17(2,3)16-5-4-8-20(12-16)14-22-13-19-9-6-15(7-10-19)11-18-21;;/h4-12H,13-14H2,1-3H3;2*1H/q+1;;/p-1. The number of rotatable bonds is 5. The average Bonchev–Trinajstić information content (AvgIpc) is 2.49. The van der Waals surface area contributed by atoms with E-state index in [0.717, 1.165) is 5.56 Å². The summed E-state index contributed by atoms with van der Waals surface area (Å²) in [6.45, 7) is 7.54. The van der Waals surface area contributed by atoms with Crippen molar-refractivity contribution in [1.29, 1.82) is 0 Å². The van der Waals surface area contributed by atoms with Gasteiger partial charge in [0.2, 0.25) is 0 Å². The minimum Gasteiger partial charge on any atom is -1.00 e. The van der Waals surface area contributed by atoms with Crippen molar-refractivity contribution < 1.29 is 43.9 Å². The Kier molecular flexibility index (Phi) is 9.51. The third kappa shape index (κ3) is 6.83. The molecule has 0 radical (unpaired) electrons. The summed E-state index contributed by atoms with van der Waals surface area (Å²) in [6, 6.07) is 7.89. The summed E-state index contributed by atoms with van der Waals surface area (Å²) in [4.78, 5) is 0. The molecule has 1 N–H and O–H groups in total. The van der Waals surface area contributed by atoms with Gasteiger partial charge in [0.15, 0.2) is 24.8 Å². The molecule has 132 valence electrons. The Bertz CT molecular complexity index is 641. The molecule has 2 heterocycles. The number of pyridine rings is 2. The SMILES string of the molecule is CC(C)(C)c1ccc[n+](COC[n+]2ccc(C=NO)cc2)c1.[Cl-].[Cl-]. The molecule has 0 atom stereocenters. The topological polar surface area (TPSA) is 49.6 Å². The smallest absolute Gasteiger partial charge is 0.257 e. The van der Waals surface area contributed by atoms with E-state index in [-0.39, 0.29) is 30.2 Å². The molecule has 0 aliphatic rings. The molecule has 2 aromatic heterocycles. The zero-order chi connectivity index (χ0) is 16.0. The number of aromatic nitrogens is 2. The number of oxime groups is 1. The highest BCUT2D eigenvalue weighted by molar-refractivity contribution is 5.78. The van der Waals surface area contributed by atoms with Crippen LogP contribution in [0.15, 0.2) is 54.2 Å². The maximum atomic E-state index is 8.47. The van der Waals surface area contributed by atoms with Crippen molar-refractivity contribution in [1.82, 2.24) is 0 Å². The Morgan fingerprint density at radius 1 is 1.04 bits per heavy atom. The van der Waals surface area contributed by atoms with Crippen LogP contribution in [0.5, 0.6) is 0 Å². The number of ether oxygens (including phenoxy) is 1. The van der Waals surface area contributed by atoms with Gasteiger partial charge in [0.1, 0.15) is 0 Å². The summed E-state index contributed by atoms with van der Waals surface area (Å²) in [5.41, 5.74) is 2.24. The fourth-order valence-electron chi connectivity index (χ4n) is 2.01. The molecule has 0 fully saturated rings. The van der Waals surface area contributed by atoms with Gasteiger partial charge in [-0.15, -0.1) is 0 Å². The number of hydrogen-bond acceptors (Lipinski definition) is 3. The van der Waals surface area contributed by atoms with Crippen LogP contribution < -0.4 is 33.9 Å². The fourth-order valence-corrected chi connectivity index (χ4v) is 2.01. The second-order valence-electron chi connectivity index (χ2n) is 6.21. The first-order chi connectivity index (χ1) is 10.5. The van der Waals surface area contributed by atoms with Crippen LogP contribution in [0.3, 0.4) is 0 Å². The lowest BCUT2D eigenvalue weighted by molar-refractivity contribution is -0.788. The summed E-state index contributed by atoms with van der Waals surface area (Å²) in [5.74, 6) is 0. The van der Waals surface area contributed by atoms with Gasteiger partial charge in [-0.3, -0.25) is 4.74 Å². The largest absolute Gasteiger partial charge is 1.00 e. The van der Waals surface area contributed by atoms with E-state index in [1.807, 2.05) is 45.9 Å². The molecule has 2 aromatic rings. The normalized spacial score (nSPS) is 11.0. The molecule has 24 heavy (non-hydrogen) atoms. The van der Waals surface area contributed by atoms with Crippen molar-refractivity contribution >= 4 is 6.21 Å². The molecule has 0 bridgehead atoms. The van der Waals surface area contributed by atoms with Gasteiger partial charge in [-0.2, -0.15) is 9.13 Å². The molecule has 0 amide bonds. The number of nitrogens with zero attached hydrogens (tertiary/aromatic N) is 3. The van der Waals surface area contributed by atoms with Crippen LogP contribution in [0.1, 0.15) is 31.9 Å². The summed E-state index contributed by atoms with van der Waals surface area (Å²) in [7, 11) is 0. The zero-order valence-electron chi connectivity index (χ0n) is 14.1. The molecule has 7 heteroatoms. The third-order valence-corrected chi connectivity index (χ3v) is 3.33. The Morgan fingerprint density at radius 3 is 2.25 bits per heavy atom. The molecule has 0 spiro atoms. The first-order valence-electron chi connectivity index (χ1n) is 7.23. The van der Waals surface area contributed by atoms with Crippen LogP contribution in [-0.4, -0.2) is 11.4 Å². The van der Waals surface area contributed by atoms with E-state index >= 15 is 0 Å². The molecule has 0 aromatic carbocycles. The first-order valence-corrected chi connectivity index (χ1v) is 7.23. The van der Waals surface area contributed by atoms with Gasteiger partial charge in [-0.1, -0.05) is 25.9 Å². The van der Waals surface area contributed by atoms with E-state index in [9.17, 15) is 0 Å². The van der Waals surface area contributed by atoms with E-state index in [1.165, 1.54) is 11.8 Å². The first kappa shape index (κ1) is 22.3. The van der Waals surface area contributed by atoms with Crippen LogP contribution in [0.4, 0.5) is 0 Å². The Balaban J connectivity index is 0.00000264. The minimum absolute atomic E-state index is 0. The summed E-state index contributed by atoms with van der Waals surface area (Å²) < 4.78 is 9.67. The van der Waals surface area contributed by atoms with E-state index in [1.54, 1.807) is 0 Å². The minimum atomic E-state index is 0. The second-order valence-corrected chi connectivity index (χ2v) is 6.21. The average molecular weight is 372 g/mol. The van der Waals surface area contributed by atoms with Gasteiger partial charge in [0.25, 0.3) is 13.5 Å². The Labute approximate surface area is 155 Å². The molecule has 0 unspecified atom stereocenters. The maximum Gasteiger partial charge on any atom is 0.257 e. The van der Waals surface area contributed by atoms with E-state index < -0.39 is 0 Å². The fraction of sp³-hybridized carbons (Fsp3) is 0.353. The van der Waals surface area contributed by atoms with Crippen molar-refractivity contribution in [3.63, 3.8) is 0 Å². The molecule has 0 saturated carbocycles. The van der Waals surface area contributed by atoms with Gasteiger partial charge in [0, 0.05) is 29.3 Å². The summed E-state index contributed by atoms with van der Waals surface area (Å²) in [6.07, 6.45) is 9.27. The van der Waals surface area contributed by atoms with Crippen molar-refractivity contribution in [3.8, 4) is 0 Å². The second kappa shape index (κ2) is 10.2. The Hall–Kier alpha value is -1.69. The lowest BCUT2D eigenvalue weighted by Crippen LogP contribution is -3.00. The van der Waals surface area contributed by atoms with Crippen LogP contribution in [-0.2, 0) is 23.6 Å². The zero-order valence-corrected chi connectivity index (χ0v) is 15.6. The van der Waals surface area contributed by atoms with Gasteiger partial charge < -0.3 is 30.0 Å².